The number of hydrogen-bond acceptors (Lipinski definition) is 3. The van der Waals surface area contributed by atoms with E-state index in [1.54, 1.807) is 6.07 Å². The molecule has 1 amide bonds. The number of amides is 1. The summed E-state index contributed by atoms with van der Waals surface area (Å²) < 4.78 is 21.9. The Hall–Kier alpha value is -2.47. The van der Waals surface area contributed by atoms with E-state index in [0.717, 1.165) is 28.9 Å². The average molecular weight is 358 g/mol. The van der Waals surface area contributed by atoms with Crippen molar-refractivity contribution >= 4 is 27.5 Å². The summed E-state index contributed by atoms with van der Waals surface area (Å²) in [5.74, 6) is -0.0935. The van der Waals surface area contributed by atoms with Gasteiger partial charge in [0.15, 0.2) is 4.80 Å². The molecular formula is C19H19FN2O2S. The maximum atomic E-state index is 13.3. The fourth-order valence-electron chi connectivity index (χ4n) is 2.61. The molecule has 0 radical (unpaired) electrons. The molecule has 3 aromatic rings. The van der Waals surface area contributed by atoms with Crippen LogP contribution >= 0.6 is 11.3 Å². The van der Waals surface area contributed by atoms with Gasteiger partial charge in [-0.05, 0) is 49.7 Å². The summed E-state index contributed by atoms with van der Waals surface area (Å²) in [5, 5.41) is 0. The largest absolute Gasteiger partial charge is 0.494 e. The Morgan fingerprint density at radius 2 is 2.08 bits per heavy atom. The molecule has 1 aromatic heterocycles. The molecule has 0 bridgehead atoms. The summed E-state index contributed by atoms with van der Waals surface area (Å²) in [4.78, 5) is 17.3. The SMILES string of the molecule is CCCn1c(=NC(=O)c2cccc(F)c2)sc2cc(OCC)ccc21. The maximum absolute atomic E-state index is 13.3. The molecule has 0 saturated carbocycles. The van der Waals surface area contributed by atoms with Crippen molar-refractivity contribution in [3.63, 3.8) is 0 Å². The van der Waals surface area contributed by atoms with Gasteiger partial charge in [0.05, 0.1) is 16.8 Å². The van der Waals surface area contributed by atoms with Gasteiger partial charge in [-0.1, -0.05) is 24.3 Å². The van der Waals surface area contributed by atoms with Gasteiger partial charge >= 0.3 is 0 Å². The molecule has 6 heteroatoms. The molecule has 0 aliphatic heterocycles. The summed E-state index contributed by atoms with van der Waals surface area (Å²) in [5.41, 5.74) is 1.26. The van der Waals surface area contributed by atoms with Gasteiger partial charge in [0.2, 0.25) is 0 Å². The van der Waals surface area contributed by atoms with Gasteiger partial charge in [0.1, 0.15) is 11.6 Å². The van der Waals surface area contributed by atoms with Gasteiger partial charge in [0.25, 0.3) is 5.91 Å². The first-order chi connectivity index (χ1) is 12.1. The molecule has 2 aromatic carbocycles. The van der Waals surface area contributed by atoms with Crippen LogP contribution in [0.1, 0.15) is 30.6 Å². The number of benzene rings is 2. The van der Waals surface area contributed by atoms with Crippen molar-refractivity contribution in [3.05, 3.63) is 58.6 Å². The number of hydrogen-bond donors (Lipinski definition) is 0. The van der Waals surface area contributed by atoms with E-state index < -0.39 is 11.7 Å². The molecule has 3 rings (SSSR count). The normalized spacial score (nSPS) is 11.9. The minimum absolute atomic E-state index is 0.246. The zero-order valence-corrected chi connectivity index (χ0v) is 15.0. The first-order valence-electron chi connectivity index (χ1n) is 8.23. The van der Waals surface area contributed by atoms with Crippen LogP contribution in [-0.2, 0) is 6.54 Å². The summed E-state index contributed by atoms with van der Waals surface area (Å²) in [7, 11) is 0. The highest BCUT2D eigenvalue weighted by atomic mass is 32.1. The van der Waals surface area contributed by atoms with Crippen molar-refractivity contribution < 1.29 is 13.9 Å². The average Bonchev–Trinajstić information content (AvgIpc) is 2.92. The monoisotopic (exact) mass is 358 g/mol. The van der Waals surface area contributed by atoms with Crippen LogP contribution in [0.15, 0.2) is 47.5 Å². The quantitative estimate of drug-likeness (QED) is 0.679. The third-order valence-corrected chi connectivity index (χ3v) is 4.72. The van der Waals surface area contributed by atoms with E-state index in [0.29, 0.717) is 11.4 Å². The number of carbonyl (C=O) groups is 1. The summed E-state index contributed by atoms with van der Waals surface area (Å²) >= 11 is 1.43. The van der Waals surface area contributed by atoms with E-state index >= 15 is 0 Å². The number of thiazole rings is 1. The number of ether oxygens (including phenoxy) is 1. The zero-order chi connectivity index (χ0) is 17.8. The number of rotatable bonds is 5. The Balaban J connectivity index is 2.10. The van der Waals surface area contributed by atoms with Crippen LogP contribution in [0.25, 0.3) is 10.2 Å². The third-order valence-electron chi connectivity index (χ3n) is 3.68. The van der Waals surface area contributed by atoms with Crippen LogP contribution in [0, 0.1) is 5.82 Å². The molecule has 0 aliphatic rings. The molecule has 0 aliphatic carbocycles. The lowest BCUT2D eigenvalue weighted by molar-refractivity contribution is 0.0997. The second-order valence-electron chi connectivity index (χ2n) is 5.53. The molecular weight excluding hydrogens is 339 g/mol. The zero-order valence-electron chi connectivity index (χ0n) is 14.2. The summed E-state index contributed by atoms with van der Waals surface area (Å²) in [6, 6.07) is 11.5. The lowest BCUT2D eigenvalue weighted by Crippen LogP contribution is -2.16. The first-order valence-corrected chi connectivity index (χ1v) is 9.04. The lowest BCUT2D eigenvalue weighted by atomic mass is 10.2. The number of fused-ring (bicyclic) bond motifs is 1. The van der Waals surface area contributed by atoms with Gasteiger partial charge < -0.3 is 9.30 Å². The van der Waals surface area contributed by atoms with E-state index in [1.807, 2.05) is 29.7 Å². The Bertz CT molecular complexity index is 975. The van der Waals surface area contributed by atoms with Crippen LogP contribution in [0.2, 0.25) is 0 Å². The predicted octanol–water partition coefficient (Wildman–Crippen LogP) is 4.39. The third kappa shape index (κ3) is 3.79. The fraction of sp³-hybridized carbons (Fsp3) is 0.263. The second-order valence-corrected chi connectivity index (χ2v) is 6.54. The van der Waals surface area contributed by atoms with Gasteiger partial charge in [-0.3, -0.25) is 4.79 Å². The molecule has 1 heterocycles. The minimum Gasteiger partial charge on any atom is -0.494 e. The molecule has 0 saturated heterocycles. The van der Waals surface area contributed by atoms with Crippen LogP contribution in [0.4, 0.5) is 4.39 Å². The number of halogens is 1. The van der Waals surface area contributed by atoms with Crippen molar-refractivity contribution in [2.75, 3.05) is 6.61 Å². The molecule has 0 fully saturated rings. The summed E-state index contributed by atoms with van der Waals surface area (Å²) in [6.07, 6.45) is 0.917. The highest BCUT2D eigenvalue weighted by Crippen LogP contribution is 2.23. The van der Waals surface area contributed by atoms with Gasteiger partial charge in [-0.25, -0.2) is 4.39 Å². The second kappa shape index (κ2) is 7.61. The minimum atomic E-state index is -0.444. The molecule has 130 valence electrons. The molecule has 25 heavy (non-hydrogen) atoms. The van der Waals surface area contributed by atoms with Gasteiger partial charge in [-0.2, -0.15) is 4.99 Å². The lowest BCUT2D eigenvalue weighted by Gasteiger charge is -2.05. The van der Waals surface area contributed by atoms with E-state index in [-0.39, 0.29) is 5.56 Å². The molecule has 0 N–H and O–H groups in total. The number of aromatic nitrogens is 1. The van der Waals surface area contributed by atoms with Crippen molar-refractivity contribution in [2.24, 2.45) is 4.99 Å². The number of carbonyl (C=O) groups excluding carboxylic acids is 1. The molecule has 0 unspecified atom stereocenters. The van der Waals surface area contributed by atoms with Crippen molar-refractivity contribution in [2.45, 2.75) is 26.8 Å². The van der Waals surface area contributed by atoms with E-state index in [9.17, 15) is 9.18 Å². The van der Waals surface area contributed by atoms with Gasteiger partial charge in [0, 0.05) is 12.1 Å². The highest BCUT2D eigenvalue weighted by molar-refractivity contribution is 7.16. The Morgan fingerprint density at radius 3 is 2.80 bits per heavy atom. The Morgan fingerprint density at radius 1 is 1.24 bits per heavy atom. The van der Waals surface area contributed by atoms with Gasteiger partial charge in [-0.15, -0.1) is 0 Å². The van der Waals surface area contributed by atoms with E-state index in [4.69, 9.17) is 4.74 Å². The van der Waals surface area contributed by atoms with Crippen LogP contribution in [0.3, 0.4) is 0 Å². The van der Waals surface area contributed by atoms with Crippen LogP contribution < -0.4 is 9.54 Å². The van der Waals surface area contributed by atoms with Crippen molar-refractivity contribution in [1.29, 1.82) is 0 Å². The van der Waals surface area contributed by atoms with E-state index in [2.05, 4.69) is 11.9 Å². The smallest absolute Gasteiger partial charge is 0.279 e. The molecule has 0 atom stereocenters. The van der Waals surface area contributed by atoms with Crippen LogP contribution in [0.5, 0.6) is 5.75 Å². The molecule has 0 spiro atoms. The summed E-state index contributed by atoms with van der Waals surface area (Å²) in [6.45, 7) is 5.36. The topological polar surface area (TPSA) is 43.6 Å². The molecule has 4 nitrogen and oxygen atoms in total. The van der Waals surface area contributed by atoms with Crippen molar-refractivity contribution in [1.82, 2.24) is 4.57 Å². The Labute approximate surface area is 149 Å². The first kappa shape index (κ1) is 17.4. The highest BCUT2D eigenvalue weighted by Gasteiger charge is 2.10. The maximum Gasteiger partial charge on any atom is 0.279 e. The van der Waals surface area contributed by atoms with Crippen LogP contribution in [-0.4, -0.2) is 17.1 Å². The number of nitrogens with zero attached hydrogens (tertiary/aromatic N) is 2. The van der Waals surface area contributed by atoms with Crippen molar-refractivity contribution in [3.8, 4) is 5.75 Å². The van der Waals surface area contributed by atoms with E-state index in [1.165, 1.54) is 29.5 Å². The predicted molar refractivity (Wildman–Crippen MR) is 97.6 cm³/mol. The Kier molecular flexibility index (Phi) is 5.28. The standard InChI is InChI=1S/C19H19FN2O2S/c1-3-10-22-16-9-8-15(24-4-2)12-17(16)25-19(22)21-18(23)13-6-5-7-14(20)11-13/h5-9,11-12H,3-4,10H2,1-2H3. The number of aryl methyl sites for hydroxylation is 1. The fourth-order valence-corrected chi connectivity index (χ4v) is 3.69.